The molecule has 2 rings (SSSR count). The summed E-state index contributed by atoms with van der Waals surface area (Å²) in [5.41, 5.74) is 2.75. The van der Waals surface area contributed by atoms with Crippen molar-refractivity contribution in [3.63, 3.8) is 0 Å². The molecule has 1 aromatic rings. The Morgan fingerprint density at radius 3 is 2.69 bits per heavy atom. The Kier molecular flexibility index (Phi) is 4.27. The third-order valence-electron chi connectivity index (χ3n) is 2.94. The van der Waals surface area contributed by atoms with E-state index in [0.717, 1.165) is 19.0 Å². The van der Waals surface area contributed by atoms with Gasteiger partial charge in [0.25, 0.3) is 0 Å². The largest absolute Gasteiger partial charge is 0.314 e. The molecule has 1 fully saturated rings. The van der Waals surface area contributed by atoms with Gasteiger partial charge in [0.15, 0.2) is 0 Å². The number of nitrogens with one attached hydrogen (secondary N) is 1. The Labute approximate surface area is 102 Å². The quantitative estimate of drug-likeness (QED) is 0.811. The molecule has 88 valence electrons. The van der Waals surface area contributed by atoms with Crippen molar-refractivity contribution in [3.05, 3.63) is 29.3 Å². The number of hydrogen-bond acceptors (Lipinski definition) is 3. The minimum Gasteiger partial charge on any atom is -0.314 e. The molecule has 0 bridgehead atoms. The molecule has 0 aliphatic carbocycles. The number of benzene rings is 1. The van der Waals surface area contributed by atoms with Crippen molar-refractivity contribution in [1.82, 2.24) is 10.2 Å². The third-order valence-corrected chi connectivity index (χ3v) is 4.21. The number of nitrogens with zero attached hydrogens (tertiary/aromatic N) is 1. The van der Waals surface area contributed by atoms with Crippen LogP contribution in [0, 0.1) is 13.8 Å². The van der Waals surface area contributed by atoms with E-state index in [9.17, 15) is 0 Å². The highest BCUT2D eigenvalue weighted by molar-refractivity contribution is 7.99. The van der Waals surface area contributed by atoms with Gasteiger partial charge in [-0.2, -0.15) is 0 Å². The van der Waals surface area contributed by atoms with Gasteiger partial charge in [-0.3, -0.25) is 4.90 Å². The van der Waals surface area contributed by atoms with Gasteiger partial charge in [-0.25, -0.2) is 0 Å². The second-order valence-corrected chi connectivity index (χ2v) is 5.40. The average molecular weight is 236 g/mol. The van der Waals surface area contributed by atoms with Crippen LogP contribution in [-0.4, -0.2) is 37.0 Å². The van der Waals surface area contributed by atoms with E-state index in [1.807, 2.05) is 11.8 Å². The second-order valence-electron chi connectivity index (χ2n) is 4.41. The minimum atomic E-state index is 1.12. The zero-order valence-corrected chi connectivity index (χ0v) is 10.9. The number of rotatable bonds is 3. The van der Waals surface area contributed by atoms with Crippen molar-refractivity contribution >= 4 is 11.8 Å². The van der Waals surface area contributed by atoms with Crippen LogP contribution in [0.25, 0.3) is 0 Å². The van der Waals surface area contributed by atoms with Crippen molar-refractivity contribution < 1.29 is 0 Å². The molecular formula is C13H20N2S. The molecule has 3 heteroatoms. The molecule has 1 N–H and O–H groups in total. The Hall–Kier alpha value is -0.510. The van der Waals surface area contributed by atoms with Gasteiger partial charge in [-0.05, 0) is 25.5 Å². The van der Waals surface area contributed by atoms with E-state index in [1.54, 1.807) is 0 Å². The third kappa shape index (κ3) is 3.24. The van der Waals surface area contributed by atoms with E-state index < -0.39 is 0 Å². The zero-order chi connectivity index (χ0) is 11.4. The summed E-state index contributed by atoms with van der Waals surface area (Å²) in [4.78, 5) is 3.93. The topological polar surface area (TPSA) is 15.3 Å². The van der Waals surface area contributed by atoms with E-state index in [2.05, 4.69) is 42.3 Å². The Bertz CT molecular complexity index is 346. The molecule has 0 radical (unpaired) electrons. The van der Waals surface area contributed by atoms with Crippen LogP contribution in [0.3, 0.4) is 0 Å². The first kappa shape index (κ1) is 12.0. The molecule has 16 heavy (non-hydrogen) atoms. The Balaban J connectivity index is 1.88. The first-order chi connectivity index (χ1) is 7.75. The van der Waals surface area contributed by atoms with E-state index in [-0.39, 0.29) is 0 Å². The summed E-state index contributed by atoms with van der Waals surface area (Å²) in [6.07, 6.45) is 0. The highest BCUT2D eigenvalue weighted by Gasteiger charge is 2.09. The monoisotopic (exact) mass is 236 g/mol. The number of aryl methyl sites for hydroxylation is 2. The van der Waals surface area contributed by atoms with Crippen molar-refractivity contribution in [2.45, 2.75) is 18.7 Å². The van der Waals surface area contributed by atoms with Crippen LogP contribution in [-0.2, 0) is 0 Å². The van der Waals surface area contributed by atoms with Gasteiger partial charge < -0.3 is 5.32 Å². The van der Waals surface area contributed by atoms with Gasteiger partial charge in [0.2, 0.25) is 0 Å². The smallest absolute Gasteiger partial charge is 0.0492 e. The fourth-order valence-corrected chi connectivity index (χ4v) is 2.99. The van der Waals surface area contributed by atoms with Crippen LogP contribution in [0.1, 0.15) is 11.1 Å². The Morgan fingerprint density at radius 2 is 2.00 bits per heavy atom. The summed E-state index contributed by atoms with van der Waals surface area (Å²) in [6.45, 7) is 8.97. The van der Waals surface area contributed by atoms with Crippen LogP contribution >= 0.6 is 11.8 Å². The summed E-state index contributed by atoms with van der Waals surface area (Å²) in [5, 5.41) is 3.38. The van der Waals surface area contributed by atoms with Crippen LogP contribution in [0.2, 0.25) is 0 Å². The van der Waals surface area contributed by atoms with Gasteiger partial charge in [-0.15, -0.1) is 11.8 Å². The Morgan fingerprint density at radius 1 is 1.25 bits per heavy atom. The lowest BCUT2D eigenvalue weighted by molar-refractivity contribution is 0.280. The van der Waals surface area contributed by atoms with E-state index in [4.69, 9.17) is 0 Å². The molecule has 2 nitrogen and oxygen atoms in total. The first-order valence-corrected chi connectivity index (χ1v) is 6.87. The molecule has 1 saturated heterocycles. The predicted molar refractivity (Wildman–Crippen MR) is 71.1 cm³/mol. The number of piperazine rings is 1. The van der Waals surface area contributed by atoms with Crippen LogP contribution < -0.4 is 5.32 Å². The average Bonchev–Trinajstić information content (AvgIpc) is 2.29. The maximum absolute atomic E-state index is 3.38. The van der Waals surface area contributed by atoms with Gasteiger partial charge in [0.1, 0.15) is 0 Å². The number of thioether (sulfide) groups is 1. The molecule has 1 aliphatic heterocycles. The molecule has 0 spiro atoms. The van der Waals surface area contributed by atoms with E-state index >= 15 is 0 Å². The highest BCUT2D eigenvalue weighted by atomic mass is 32.2. The van der Waals surface area contributed by atoms with Crippen molar-refractivity contribution in [2.75, 3.05) is 32.1 Å². The first-order valence-electron chi connectivity index (χ1n) is 5.89. The maximum Gasteiger partial charge on any atom is 0.0492 e. The van der Waals surface area contributed by atoms with E-state index in [1.165, 1.54) is 29.1 Å². The van der Waals surface area contributed by atoms with Gasteiger partial charge >= 0.3 is 0 Å². The summed E-state index contributed by atoms with van der Waals surface area (Å²) >= 11 is 1.96. The SMILES string of the molecule is Cc1ccc(SCN2CCNCC2)c(C)c1. The molecule has 0 aromatic heterocycles. The lowest BCUT2D eigenvalue weighted by Crippen LogP contribution is -2.43. The van der Waals surface area contributed by atoms with E-state index in [0.29, 0.717) is 0 Å². The predicted octanol–water partition coefficient (Wildman–Crippen LogP) is 2.26. The fraction of sp³-hybridized carbons (Fsp3) is 0.538. The summed E-state index contributed by atoms with van der Waals surface area (Å²) < 4.78 is 0. The molecule has 1 aliphatic rings. The van der Waals surface area contributed by atoms with Gasteiger partial charge in [0, 0.05) is 37.0 Å². The van der Waals surface area contributed by atoms with Crippen LogP contribution in [0.5, 0.6) is 0 Å². The summed E-state index contributed by atoms with van der Waals surface area (Å²) in [5.74, 6) is 1.12. The molecule has 1 heterocycles. The normalized spacial score (nSPS) is 17.6. The summed E-state index contributed by atoms with van der Waals surface area (Å²) in [6, 6.07) is 6.71. The van der Waals surface area contributed by atoms with Crippen LogP contribution in [0.4, 0.5) is 0 Å². The lowest BCUT2D eigenvalue weighted by atomic mass is 10.2. The number of hydrogen-bond donors (Lipinski definition) is 1. The summed E-state index contributed by atoms with van der Waals surface area (Å²) in [7, 11) is 0. The molecule has 0 atom stereocenters. The van der Waals surface area contributed by atoms with Crippen molar-refractivity contribution in [3.8, 4) is 0 Å². The highest BCUT2D eigenvalue weighted by Crippen LogP contribution is 2.23. The second kappa shape index (κ2) is 5.71. The molecule has 0 saturated carbocycles. The van der Waals surface area contributed by atoms with Crippen LogP contribution in [0.15, 0.2) is 23.1 Å². The van der Waals surface area contributed by atoms with Gasteiger partial charge in [0.05, 0.1) is 0 Å². The molecular weight excluding hydrogens is 216 g/mol. The van der Waals surface area contributed by atoms with Crippen molar-refractivity contribution in [1.29, 1.82) is 0 Å². The van der Waals surface area contributed by atoms with Gasteiger partial charge in [-0.1, -0.05) is 17.7 Å². The zero-order valence-electron chi connectivity index (χ0n) is 10.1. The minimum absolute atomic E-state index is 1.12. The van der Waals surface area contributed by atoms with Crippen molar-refractivity contribution in [2.24, 2.45) is 0 Å². The lowest BCUT2D eigenvalue weighted by Gasteiger charge is -2.26. The standard InChI is InChI=1S/C13H20N2S/c1-11-3-4-13(12(2)9-11)16-10-15-7-5-14-6-8-15/h3-4,9,14H,5-8,10H2,1-2H3. The maximum atomic E-state index is 3.38. The molecule has 0 amide bonds. The molecule has 0 unspecified atom stereocenters. The molecule has 1 aromatic carbocycles. The fourth-order valence-electron chi connectivity index (χ4n) is 1.96.